The van der Waals surface area contributed by atoms with Gasteiger partial charge in [-0.2, -0.15) is 0 Å². The van der Waals surface area contributed by atoms with Crippen molar-refractivity contribution in [3.8, 4) is 11.5 Å². The number of carbonyl (C=O) groups excluding carboxylic acids is 2. The van der Waals surface area contributed by atoms with E-state index < -0.39 is 6.10 Å². The van der Waals surface area contributed by atoms with Gasteiger partial charge in [0.25, 0.3) is 0 Å². The van der Waals surface area contributed by atoms with E-state index in [9.17, 15) is 14.7 Å². The molecule has 1 atom stereocenters. The number of aliphatic hydroxyl groups is 1. The third-order valence-electron chi connectivity index (χ3n) is 3.69. The molecule has 0 radical (unpaired) electrons. The zero-order chi connectivity index (χ0) is 14.8. The van der Waals surface area contributed by atoms with Gasteiger partial charge >= 0.3 is 0 Å². The number of piperidine rings is 1. The molecule has 1 saturated heterocycles. The first kappa shape index (κ1) is 13.9. The molecule has 2 amide bonds. The normalized spacial score (nSPS) is 19.6. The molecule has 0 spiro atoms. The number of amides is 2. The molecule has 112 valence electrons. The van der Waals surface area contributed by atoms with Crippen molar-refractivity contribution in [1.82, 2.24) is 4.90 Å². The smallest absolute Gasteiger partial charge is 0.229 e. The Bertz CT molecular complexity index is 555. The maximum absolute atomic E-state index is 11.8. The van der Waals surface area contributed by atoms with Crippen LogP contribution >= 0.6 is 0 Å². The molecule has 1 fully saturated rings. The second kappa shape index (κ2) is 5.73. The molecule has 0 aliphatic carbocycles. The van der Waals surface area contributed by atoms with E-state index in [0.717, 1.165) is 4.90 Å². The van der Waals surface area contributed by atoms with Crippen molar-refractivity contribution in [3.05, 3.63) is 23.8 Å². The van der Waals surface area contributed by atoms with E-state index in [1.807, 2.05) is 0 Å². The fraction of sp³-hybridized carbons (Fsp3) is 0.467. The largest absolute Gasteiger partial charge is 0.486 e. The number of carbonyl (C=O) groups is 2. The number of rotatable bonds is 3. The Morgan fingerprint density at radius 1 is 1.10 bits per heavy atom. The van der Waals surface area contributed by atoms with Crippen LogP contribution in [0.5, 0.6) is 11.5 Å². The molecule has 0 bridgehead atoms. The lowest BCUT2D eigenvalue weighted by Gasteiger charge is -2.27. The molecule has 2 aliphatic rings. The lowest BCUT2D eigenvalue weighted by molar-refractivity contribution is -0.149. The van der Waals surface area contributed by atoms with E-state index in [2.05, 4.69) is 0 Å². The second-order valence-corrected chi connectivity index (χ2v) is 5.17. The predicted molar refractivity (Wildman–Crippen MR) is 73.0 cm³/mol. The van der Waals surface area contributed by atoms with Gasteiger partial charge in [-0.15, -0.1) is 0 Å². The fourth-order valence-corrected chi connectivity index (χ4v) is 2.55. The summed E-state index contributed by atoms with van der Waals surface area (Å²) in [5.41, 5.74) is 0.602. The highest BCUT2D eigenvalue weighted by Gasteiger charge is 2.28. The first-order valence-corrected chi connectivity index (χ1v) is 7.06. The molecule has 1 N–H and O–H groups in total. The second-order valence-electron chi connectivity index (χ2n) is 5.17. The summed E-state index contributed by atoms with van der Waals surface area (Å²) in [5.74, 6) is 0.780. The van der Waals surface area contributed by atoms with Crippen LogP contribution in [0.1, 0.15) is 30.9 Å². The van der Waals surface area contributed by atoms with Gasteiger partial charge in [0.1, 0.15) is 13.2 Å². The van der Waals surface area contributed by atoms with Gasteiger partial charge in [0.15, 0.2) is 11.5 Å². The third-order valence-corrected chi connectivity index (χ3v) is 3.69. The highest BCUT2D eigenvalue weighted by Crippen LogP contribution is 2.33. The molecular formula is C15H17NO5. The molecule has 1 unspecified atom stereocenters. The van der Waals surface area contributed by atoms with Gasteiger partial charge in [-0.25, -0.2) is 0 Å². The van der Waals surface area contributed by atoms with Gasteiger partial charge in [0.2, 0.25) is 11.8 Å². The van der Waals surface area contributed by atoms with E-state index in [4.69, 9.17) is 9.47 Å². The Labute approximate surface area is 122 Å². The molecular weight excluding hydrogens is 274 g/mol. The predicted octanol–water partition coefficient (Wildman–Crippen LogP) is 1.03. The molecule has 21 heavy (non-hydrogen) atoms. The summed E-state index contributed by atoms with van der Waals surface area (Å²) in [6.45, 7) is 0.957. The number of imide groups is 1. The van der Waals surface area contributed by atoms with Crippen molar-refractivity contribution >= 4 is 11.8 Å². The first-order chi connectivity index (χ1) is 10.1. The topological polar surface area (TPSA) is 76.1 Å². The summed E-state index contributed by atoms with van der Waals surface area (Å²) in [6.07, 6.45) is 0.389. The average Bonchev–Trinajstić information content (AvgIpc) is 2.50. The number of hydrogen-bond donors (Lipinski definition) is 1. The third kappa shape index (κ3) is 2.85. The van der Waals surface area contributed by atoms with E-state index in [1.165, 1.54) is 0 Å². The number of aliphatic hydroxyl groups excluding tert-OH is 1. The van der Waals surface area contributed by atoms with Crippen LogP contribution in [-0.2, 0) is 9.59 Å². The Morgan fingerprint density at radius 2 is 1.76 bits per heavy atom. The van der Waals surface area contributed by atoms with Gasteiger partial charge in [0, 0.05) is 12.8 Å². The van der Waals surface area contributed by atoms with E-state index in [-0.39, 0.29) is 18.4 Å². The highest BCUT2D eigenvalue weighted by molar-refractivity contribution is 5.97. The zero-order valence-electron chi connectivity index (χ0n) is 11.6. The standard InChI is InChI=1S/C15H17NO5/c17-11(9-16-14(18)2-1-3-15(16)19)10-4-5-12-13(8-10)21-7-6-20-12/h4-5,8,11,17H,1-3,6-7,9H2. The Hall–Kier alpha value is -2.08. The van der Waals surface area contributed by atoms with Crippen LogP contribution in [0.4, 0.5) is 0 Å². The van der Waals surface area contributed by atoms with Gasteiger partial charge < -0.3 is 14.6 Å². The first-order valence-electron chi connectivity index (χ1n) is 7.06. The lowest BCUT2D eigenvalue weighted by atomic mass is 10.1. The number of nitrogens with zero attached hydrogens (tertiary/aromatic N) is 1. The van der Waals surface area contributed by atoms with Gasteiger partial charge in [-0.05, 0) is 24.1 Å². The number of ether oxygens (including phenoxy) is 2. The summed E-state index contributed by atoms with van der Waals surface area (Å²) in [5, 5.41) is 10.3. The number of β-amino-alcohol motifs (C(OH)–C–C–N with tert-alkyl or cyclic N) is 1. The summed E-state index contributed by atoms with van der Waals surface area (Å²) >= 11 is 0. The number of likely N-dealkylation sites (tertiary alicyclic amines) is 1. The summed E-state index contributed by atoms with van der Waals surface area (Å²) in [7, 11) is 0. The number of hydrogen-bond acceptors (Lipinski definition) is 5. The maximum Gasteiger partial charge on any atom is 0.229 e. The van der Waals surface area contributed by atoms with Crippen molar-refractivity contribution in [1.29, 1.82) is 0 Å². The van der Waals surface area contributed by atoms with Crippen LogP contribution in [0.3, 0.4) is 0 Å². The Morgan fingerprint density at radius 3 is 2.48 bits per heavy atom. The van der Waals surface area contributed by atoms with Crippen molar-refractivity contribution in [2.75, 3.05) is 19.8 Å². The van der Waals surface area contributed by atoms with Crippen LogP contribution in [0, 0.1) is 0 Å². The SMILES string of the molecule is O=C1CCCC(=O)N1CC(O)c1ccc2c(c1)OCCO2. The van der Waals surface area contributed by atoms with Gasteiger partial charge in [-0.1, -0.05) is 6.07 Å². The molecule has 6 heteroatoms. The average molecular weight is 291 g/mol. The summed E-state index contributed by atoms with van der Waals surface area (Å²) in [6, 6.07) is 5.14. The van der Waals surface area contributed by atoms with Crippen LogP contribution < -0.4 is 9.47 Å². The van der Waals surface area contributed by atoms with Crippen LogP contribution in [0.15, 0.2) is 18.2 Å². The van der Waals surface area contributed by atoms with E-state index in [1.54, 1.807) is 18.2 Å². The van der Waals surface area contributed by atoms with Gasteiger partial charge in [0.05, 0.1) is 12.6 Å². The van der Waals surface area contributed by atoms with Crippen molar-refractivity contribution in [3.63, 3.8) is 0 Å². The molecule has 2 aliphatic heterocycles. The van der Waals surface area contributed by atoms with Crippen molar-refractivity contribution in [2.24, 2.45) is 0 Å². The summed E-state index contributed by atoms with van der Waals surface area (Å²) < 4.78 is 10.9. The van der Waals surface area contributed by atoms with Crippen LogP contribution in [-0.4, -0.2) is 41.6 Å². The minimum atomic E-state index is -0.924. The van der Waals surface area contributed by atoms with Crippen molar-refractivity contribution < 1.29 is 24.2 Å². The molecule has 1 aromatic carbocycles. The maximum atomic E-state index is 11.8. The minimum Gasteiger partial charge on any atom is -0.486 e. The Kier molecular flexibility index (Phi) is 3.79. The lowest BCUT2D eigenvalue weighted by Crippen LogP contribution is -2.42. The Balaban J connectivity index is 1.74. The monoisotopic (exact) mass is 291 g/mol. The quantitative estimate of drug-likeness (QED) is 0.842. The van der Waals surface area contributed by atoms with E-state index in [0.29, 0.717) is 49.5 Å². The van der Waals surface area contributed by atoms with E-state index >= 15 is 0 Å². The van der Waals surface area contributed by atoms with Crippen LogP contribution in [0.2, 0.25) is 0 Å². The minimum absolute atomic E-state index is 0.0166. The highest BCUT2D eigenvalue weighted by atomic mass is 16.6. The van der Waals surface area contributed by atoms with Gasteiger partial charge in [-0.3, -0.25) is 14.5 Å². The molecule has 1 aromatic rings. The summed E-state index contributed by atoms with van der Waals surface area (Å²) in [4.78, 5) is 24.7. The molecule has 0 aromatic heterocycles. The molecule has 0 saturated carbocycles. The fourth-order valence-electron chi connectivity index (χ4n) is 2.55. The van der Waals surface area contributed by atoms with Crippen molar-refractivity contribution in [2.45, 2.75) is 25.4 Å². The number of fused-ring (bicyclic) bond motifs is 1. The number of benzene rings is 1. The molecule has 2 heterocycles. The van der Waals surface area contributed by atoms with Crippen LogP contribution in [0.25, 0.3) is 0 Å². The zero-order valence-corrected chi connectivity index (χ0v) is 11.6. The molecule has 6 nitrogen and oxygen atoms in total. The molecule has 3 rings (SSSR count).